The summed E-state index contributed by atoms with van der Waals surface area (Å²) in [6.07, 6.45) is 6.80. The summed E-state index contributed by atoms with van der Waals surface area (Å²) in [5.74, 6) is -0.608. The average molecular weight is 309 g/mol. The van der Waals surface area contributed by atoms with Crippen molar-refractivity contribution in [1.82, 2.24) is 19.5 Å². The Morgan fingerprint density at radius 1 is 1.22 bits per heavy atom. The van der Waals surface area contributed by atoms with Gasteiger partial charge in [-0.1, -0.05) is 12.1 Å². The molecule has 0 bridgehead atoms. The summed E-state index contributed by atoms with van der Waals surface area (Å²) in [5.41, 5.74) is 6.81. The minimum absolute atomic E-state index is 0.293. The maximum absolute atomic E-state index is 11.6. The molecule has 3 rings (SSSR count). The van der Waals surface area contributed by atoms with E-state index in [4.69, 9.17) is 5.73 Å². The smallest absolute Gasteiger partial charge is 0.312 e. The number of aliphatic carboxylic acids is 1. The molecule has 0 saturated heterocycles. The van der Waals surface area contributed by atoms with Crippen molar-refractivity contribution in [3.05, 3.63) is 66.5 Å². The summed E-state index contributed by atoms with van der Waals surface area (Å²) in [5, 5.41) is 9.51. The molecule has 0 aliphatic heterocycles. The Labute approximate surface area is 132 Å². The molecule has 0 radical (unpaired) electrons. The zero-order chi connectivity index (χ0) is 16.2. The first kappa shape index (κ1) is 14.7. The van der Waals surface area contributed by atoms with Gasteiger partial charge in [-0.3, -0.25) is 9.36 Å². The van der Waals surface area contributed by atoms with Crippen LogP contribution in [0.5, 0.6) is 0 Å². The number of anilines is 1. The van der Waals surface area contributed by atoms with E-state index in [2.05, 4.69) is 15.0 Å². The minimum Gasteiger partial charge on any atom is -0.481 e. The fraction of sp³-hybridized carbons (Fsp3) is 0.125. The molecule has 0 fully saturated rings. The largest absolute Gasteiger partial charge is 0.481 e. The Kier molecular flexibility index (Phi) is 4.01. The Hall–Kier alpha value is -3.22. The number of pyridine rings is 2. The molecule has 0 saturated carbocycles. The highest BCUT2D eigenvalue weighted by Crippen LogP contribution is 2.21. The van der Waals surface area contributed by atoms with Crippen molar-refractivity contribution >= 4 is 11.8 Å². The van der Waals surface area contributed by atoms with Gasteiger partial charge in [-0.2, -0.15) is 0 Å². The molecule has 3 aromatic rings. The first-order valence-electron chi connectivity index (χ1n) is 7.02. The van der Waals surface area contributed by atoms with E-state index in [1.54, 1.807) is 41.6 Å². The van der Waals surface area contributed by atoms with Crippen LogP contribution < -0.4 is 5.73 Å². The number of rotatable bonds is 5. The second kappa shape index (κ2) is 6.27. The van der Waals surface area contributed by atoms with Crippen molar-refractivity contribution < 1.29 is 9.90 Å². The quantitative estimate of drug-likeness (QED) is 0.742. The van der Waals surface area contributed by atoms with Crippen LogP contribution in [0, 0.1) is 0 Å². The number of hydrogen-bond acceptors (Lipinski definition) is 5. The molecule has 116 valence electrons. The standard InChI is InChI=1S/C16H15N5O2/c17-14-5-4-11(8-19-14)7-12(16(22)23)13-9-21(10-20-13)15-3-1-2-6-18-15/h1-6,8-10,12H,7H2,(H2,17,19)(H,22,23). The molecule has 3 N–H and O–H groups in total. The lowest BCUT2D eigenvalue weighted by Crippen LogP contribution is -2.15. The lowest BCUT2D eigenvalue weighted by atomic mass is 9.98. The molecule has 1 unspecified atom stereocenters. The van der Waals surface area contributed by atoms with Gasteiger partial charge in [0.1, 0.15) is 23.9 Å². The van der Waals surface area contributed by atoms with E-state index < -0.39 is 11.9 Å². The summed E-state index contributed by atoms with van der Waals surface area (Å²) in [6.45, 7) is 0. The van der Waals surface area contributed by atoms with Gasteiger partial charge in [0.05, 0.1) is 5.69 Å². The van der Waals surface area contributed by atoms with Crippen LogP contribution in [-0.4, -0.2) is 30.6 Å². The predicted molar refractivity (Wildman–Crippen MR) is 84.1 cm³/mol. The van der Waals surface area contributed by atoms with E-state index in [1.807, 2.05) is 18.2 Å². The summed E-state index contributed by atoms with van der Waals surface area (Å²) < 4.78 is 1.70. The van der Waals surface area contributed by atoms with Crippen LogP contribution in [0.4, 0.5) is 5.82 Å². The number of nitrogen functional groups attached to an aromatic ring is 1. The molecule has 0 spiro atoms. The zero-order valence-corrected chi connectivity index (χ0v) is 12.2. The first-order valence-corrected chi connectivity index (χ1v) is 7.02. The third kappa shape index (κ3) is 3.34. The molecular weight excluding hydrogens is 294 g/mol. The van der Waals surface area contributed by atoms with E-state index in [-0.39, 0.29) is 0 Å². The summed E-state index contributed by atoms with van der Waals surface area (Å²) in [7, 11) is 0. The minimum atomic E-state index is -0.937. The molecular formula is C16H15N5O2. The third-order valence-corrected chi connectivity index (χ3v) is 3.46. The number of nitrogens with zero attached hydrogens (tertiary/aromatic N) is 4. The van der Waals surface area contributed by atoms with Gasteiger partial charge in [0.2, 0.25) is 0 Å². The number of carboxylic acid groups (broad SMARTS) is 1. The van der Waals surface area contributed by atoms with Crippen LogP contribution in [0.1, 0.15) is 17.2 Å². The lowest BCUT2D eigenvalue weighted by molar-refractivity contribution is -0.138. The maximum atomic E-state index is 11.6. The Balaban J connectivity index is 1.86. The molecule has 23 heavy (non-hydrogen) atoms. The fourth-order valence-electron chi connectivity index (χ4n) is 2.26. The van der Waals surface area contributed by atoms with Gasteiger partial charge in [-0.15, -0.1) is 0 Å². The second-order valence-electron chi connectivity index (χ2n) is 5.08. The van der Waals surface area contributed by atoms with E-state index in [9.17, 15) is 9.90 Å². The molecule has 7 nitrogen and oxygen atoms in total. The van der Waals surface area contributed by atoms with Crippen LogP contribution in [0.25, 0.3) is 5.82 Å². The summed E-state index contributed by atoms with van der Waals surface area (Å²) >= 11 is 0. The van der Waals surface area contributed by atoms with Gasteiger partial charge in [0, 0.05) is 18.6 Å². The molecule has 0 aliphatic carbocycles. The van der Waals surface area contributed by atoms with E-state index in [0.29, 0.717) is 23.8 Å². The van der Waals surface area contributed by atoms with Crippen molar-refractivity contribution in [2.24, 2.45) is 0 Å². The van der Waals surface area contributed by atoms with Gasteiger partial charge in [0.15, 0.2) is 0 Å². The number of nitrogens with two attached hydrogens (primary N) is 1. The van der Waals surface area contributed by atoms with Crippen molar-refractivity contribution in [3.8, 4) is 5.82 Å². The first-order chi connectivity index (χ1) is 11.1. The zero-order valence-electron chi connectivity index (χ0n) is 12.2. The summed E-state index contributed by atoms with van der Waals surface area (Å²) in [4.78, 5) is 24.0. The van der Waals surface area contributed by atoms with Crippen molar-refractivity contribution in [1.29, 1.82) is 0 Å². The van der Waals surface area contributed by atoms with E-state index >= 15 is 0 Å². The molecule has 0 amide bonds. The normalized spacial score (nSPS) is 12.0. The highest BCUT2D eigenvalue weighted by atomic mass is 16.4. The number of aromatic nitrogens is 4. The predicted octanol–water partition coefficient (Wildman–Crippen LogP) is 1.66. The molecule has 0 aliphatic rings. The van der Waals surface area contributed by atoms with Crippen LogP contribution >= 0.6 is 0 Å². The topological polar surface area (TPSA) is 107 Å². The average Bonchev–Trinajstić information content (AvgIpc) is 3.04. The van der Waals surface area contributed by atoms with Crippen molar-refractivity contribution in [2.75, 3.05) is 5.73 Å². The number of carboxylic acids is 1. The second-order valence-corrected chi connectivity index (χ2v) is 5.08. The van der Waals surface area contributed by atoms with Crippen LogP contribution in [0.15, 0.2) is 55.2 Å². The molecule has 7 heteroatoms. The fourth-order valence-corrected chi connectivity index (χ4v) is 2.26. The Morgan fingerprint density at radius 3 is 2.74 bits per heavy atom. The SMILES string of the molecule is Nc1ccc(CC(C(=O)O)c2cn(-c3ccccn3)cn2)cn1. The Morgan fingerprint density at radius 2 is 2.09 bits per heavy atom. The van der Waals surface area contributed by atoms with Crippen LogP contribution in [-0.2, 0) is 11.2 Å². The van der Waals surface area contributed by atoms with Crippen molar-refractivity contribution in [3.63, 3.8) is 0 Å². The molecule has 1 atom stereocenters. The number of carbonyl (C=O) groups is 1. The van der Waals surface area contributed by atoms with Gasteiger partial charge in [-0.25, -0.2) is 15.0 Å². The van der Waals surface area contributed by atoms with Gasteiger partial charge >= 0.3 is 5.97 Å². The van der Waals surface area contributed by atoms with E-state index in [0.717, 1.165) is 5.56 Å². The summed E-state index contributed by atoms with van der Waals surface area (Å²) in [6, 6.07) is 8.92. The monoisotopic (exact) mass is 309 g/mol. The van der Waals surface area contributed by atoms with Crippen molar-refractivity contribution in [2.45, 2.75) is 12.3 Å². The van der Waals surface area contributed by atoms with Gasteiger partial charge in [0.25, 0.3) is 0 Å². The molecule has 3 aromatic heterocycles. The maximum Gasteiger partial charge on any atom is 0.312 e. The number of hydrogen-bond donors (Lipinski definition) is 2. The molecule has 3 heterocycles. The highest BCUT2D eigenvalue weighted by molar-refractivity contribution is 5.75. The van der Waals surface area contributed by atoms with E-state index in [1.165, 1.54) is 0 Å². The van der Waals surface area contributed by atoms with Crippen LogP contribution in [0.3, 0.4) is 0 Å². The Bertz CT molecular complexity index is 799. The van der Waals surface area contributed by atoms with Crippen LogP contribution in [0.2, 0.25) is 0 Å². The van der Waals surface area contributed by atoms with Gasteiger partial charge in [-0.05, 0) is 30.2 Å². The van der Waals surface area contributed by atoms with Gasteiger partial charge < -0.3 is 10.8 Å². The highest BCUT2D eigenvalue weighted by Gasteiger charge is 2.23. The molecule has 0 aromatic carbocycles. The number of imidazole rings is 1. The lowest BCUT2D eigenvalue weighted by Gasteiger charge is -2.09. The third-order valence-electron chi connectivity index (χ3n) is 3.46.